The minimum Gasteiger partial charge on any atom is -0.463 e. The van der Waals surface area contributed by atoms with E-state index in [0.717, 1.165) is 16.9 Å². The number of aromatic amines is 1. The van der Waals surface area contributed by atoms with Crippen molar-refractivity contribution < 1.29 is 9.21 Å². The van der Waals surface area contributed by atoms with E-state index in [1.807, 2.05) is 30.3 Å². The number of nitrogens with one attached hydrogen (secondary N) is 4. The van der Waals surface area contributed by atoms with Gasteiger partial charge in [-0.05, 0) is 29.8 Å². The summed E-state index contributed by atoms with van der Waals surface area (Å²) in [6.07, 6.45) is 3.00. The second-order valence-corrected chi connectivity index (χ2v) is 6.13. The highest BCUT2D eigenvalue weighted by Gasteiger charge is 2.08. The Bertz CT molecular complexity index is 1090. The summed E-state index contributed by atoms with van der Waals surface area (Å²) in [6.45, 7) is 1.97. The second kappa shape index (κ2) is 8.21. The quantitative estimate of drug-likeness (QED) is 0.378. The molecule has 0 atom stereocenters. The minimum atomic E-state index is -0.0643. The minimum absolute atomic E-state index is 0.0643. The van der Waals surface area contributed by atoms with E-state index >= 15 is 0 Å². The number of furan rings is 1. The summed E-state index contributed by atoms with van der Waals surface area (Å²) in [6, 6.07) is 13.0. The first-order valence-corrected chi connectivity index (χ1v) is 8.81. The summed E-state index contributed by atoms with van der Waals surface area (Å²) in [5.41, 5.74) is 2.55. The van der Waals surface area contributed by atoms with Gasteiger partial charge in [-0.25, -0.2) is 9.97 Å². The number of carbonyl (C=O) groups excluding carboxylic acids is 1. The van der Waals surface area contributed by atoms with Crippen LogP contribution in [0.5, 0.6) is 0 Å². The van der Waals surface area contributed by atoms with Gasteiger partial charge in [0.2, 0.25) is 17.8 Å². The van der Waals surface area contributed by atoms with Crippen LogP contribution in [0.15, 0.2) is 59.5 Å². The van der Waals surface area contributed by atoms with Crippen LogP contribution in [0.2, 0.25) is 0 Å². The van der Waals surface area contributed by atoms with E-state index in [0.29, 0.717) is 30.0 Å². The van der Waals surface area contributed by atoms with Crippen LogP contribution in [-0.2, 0) is 11.3 Å². The number of anilines is 4. The summed E-state index contributed by atoms with van der Waals surface area (Å²) in [7, 11) is 0. The Morgan fingerprint density at radius 3 is 2.62 bits per heavy atom. The van der Waals surface area contributed by atoms with Gasteiger partial charge in [0, 0.05) is 25.2 Å². The molecule has 0 aliphatic carbocycles. The van der Waals surface area contributed by atoms with Gasteiger partial charge in [-0.1, -0.05) is 12.1 Å². The van der Waals surface area contributed by atoms with E-state index in [-0.39, 0.29) is 5.91 Å². The van der Waals surface area contributed by atoms with Gasteiger partial charge in [-0.15, -0.1) is 0 Å². The van der Waals surface area contributed by atoms with Crippen LogP contribution in [-0.4, -0.2) is 31.1 Å². The van der Waals surface area contributed by atoms with Gasteiger partial charge < -0.3 is 20.4 Å². The topological polar surface area (TPSA) is 134 Å². The summed E-state index contributed by atoms with van der Waals surface area (Å²) >= 11 is 0. The lowest BCUT2D eigenvalue weighted by molar-refractivity contribution is -0.119. The standard InChI is InChI=1S/C19H18N8O2/c1-12(28)20-10-13-4-6-14(7-5-13)23-18-21-11-22-19(25-18)24-17-9-15(26-27-17)16-3-2-8-29-16/h2-9,11H,10H2,1H3,(H,20,28)(H3,21,22,23,24,25,26,27). The summed E-state index contributed by atoms with van der Waals surface area (Å²) in [5.74, 6) is 1.91. The fraction of sp³-hybridized carbons (Fsp3) is 0.105. The first kappa shape index (κ1) is 18.2. The van der Waals surface area contributed by atoms with Crippen LogP contribution < -0.4 is 16.0 Å². The molecule has 3 aromatic heterocycles. The van der Waals surface area contributed by atoms with Crippen LogP contribution in [0.4, 0.5) is 23.4 Å². The molecule has 0 saturated carbocycles. The fourth-order valence-electron chi connectivity index (χ4n) is 2.54. The maximum Gasteiger partial charge on any atom is 0.233 e. The molecule has 4 rings (SSSR count). The predicted octanol–water partition coefficient (Wildman–Crippen LogP) is 2.98. The van der Waals surface area contributed by atoms with Gasteiger partial charge in [0.15, 0.2) is 11.6 Å². The molecule has 0 aliphatic rings. The van der Waals surface area contributed by atoms with Crippen molar-refractivity contribution in [1.82, 2.24) is 30.5 Å². The third-order valence-corrected chi connectivity index (χ3v) is 3.93. The van der Waals surface area contributed by atoms with E-state index < -0.39 is 0 Å². The Balaban J connectivity index is 1.40. The zero-order chi connectivity index (χ0) is 20.1. The zero-order valence-electron chi connectivity index (χ0n) is 15.5. The highest BCUT2D eigenvalue weighted by Crippen LogP contribution is 2.21. The molecule has 146 valence electrons. The largest absolute Gasteiger partial charge is 0.463 e. The number of aromatic nitrogens is 5. The number of H-pyrrole nitrogens is 1. The average Bonchev–Trinajstić information content (AvgIpc) is 3.39. The first-order chi connectivity index (χ1) is 14.2. The van der Waals surface area contributed by atoms with Crippen molar-refractivity contribution in [3.05, 3.63) is 60.6 Å². The summed E-state index contributed by atoms with van der Waals surface area (Å²) < 4.78 is 5.33. The molecule has 0 saturated heterocycles. The molecule has 1 aromatic carbocycles. The monoisotopic (exact) mass is 390 g/mol. The maximum absolute atomic E-state index is 11.0. The normalized spacial score (nSPS) is 10.5. The third kappa shape index (κ3) is 4.75. The lowest BCUT2D eigenvalue weighted by Crippen LogP contribution is -2.18. The molecular weight excluding hydrogens is 372 g/mol. The first-order valence-electron chi connectivity index (χ1n) is 8.81. The van der Waals surface area contributed by atoms with Crippen molar-refractivity contribution >= 4 is 29.3 Å². The lowest BCUT2D eigenvalue weighted by Gasteiger charge is -2.07. The van der Waals surface area contributed by atoms with Crippen molar-refractivity contribution in [2.45, 2.75) is 13.5 Å². The van der Waals surface area contributed by atoms with Crippen molar-refractivity contribution in [2.75, 3.05) is 10.6 Å². The number of rotatable bonds is 7. The molecule has 29 heavy (non-hydrogen) atoms. The van der Waals surface area contributed by atoms with Crippen molar-refractivity contribution in [3.8, 4) is 11.5 Å². The van der Waals surface area contributed by atoms with Crippen LogP contribution >= 0.6 is 0 Å². The molecule has 0 unspecified atom stereocenters. The van der Waals surface area contributed by atoms with Gasteiger partial charge in [0.05, 0.1) is 6.26 Å². The Hall–Kier alpha value is -4.21. The van der Waals surface area contributed by atoms with Gasteiger partial charge in [0.1, 0.15) is 12.0 Å². The smallest absolute Gasteiger partial charge is 0.233 e. The SMILES string of the molecule is CC(=O)NCc1ccc(Nc2ncnc(Nc3cc(-c4ccco4)[nH]n3)n2)cc1. The Kier molecular flexibility index (Phi) is 5.14. The zero-order valence-corrected chi connectivity index (χ0v) is 15.5. The molecule has 0 aliphatic heterocycles. The Morgan fingerprint density at radius 1 is 1.10 bits per heavy atom. The van der Waals surface area contributed by atoms with Crippen molar-refractivity contribution in [3.63, 3.8) is 0 Å². The van der Waals surface area contributed by atoms with E-state index in [4.69, 9.17) is 4.42 Å². The van der Waals surface area contributed by atoms with Gasteiger partial charge in [0.25, 0.3) is 0 Å². The van der Waals surface area contributed by atoms with Crippen LogP contribution in [0.3, 0.4) is 0 Å². The van der Waals surface area contributed by atoms with Crippen molar-refractivity contribution in [1.29, 1.82) is 0 Å². The summed E-state index contributed by atoms with van der Waals surface area (Å²) in [4.78, 5) is 23.6. The summed E-state index contributed by atoms with van der Waals surface area (Å²) in [5, 5.41) is 16.0. The van der Waals surface area contributed by atoms with E-state index in [2.05, 4.69) is 41.1 Å². The highest BCUT2D eigenvalue weighted by molar-refractivity contribution is 5.72. The number of hydrogen-bond donors (Lipinski definition) is 4. The highest BCUT2D eigenvalue weighted by atomic mass is 16.3. The molecule has 10 nitrogen and oxygen atoms in total. The molecule has 4 N–H and O–H groups in total. The maximum atomic E-state index is 11.0. The fourth-order valence-corrected chi connectivity index (χ4v) is 2.54. The number of carbonyl (C=O) groups is 1. The Morgan fingerprint density at radius 2 is 1.90 bits per heavy atom. The average molecular weight is 390 g/mol. The van der Waals surface area contributed by atoms with Gasteiger partial charge >= 0.3 is 0 Å². The predicted molar refractivity (Wildman–Crippen MR) is 107 cm³/mol. The van der Waals surface area contributed by atoms with Crippen LogP contribution in [0, 0.1) is 0 Å². The van der Waals surface area contributed by atoms with Crippen LogP contribution in [0.25, 0.3) is 11.5 Å². The lowest BCUT2D eigenvalue weighted by atomic mass is 10.2. The molecule has 0 fully saturated rings. The molecule has 1 amide bonds. The molecule has 3 heterocycles. The number of benzene rings is 1. The van der Waals surface area contributed by atoms with E-state index in [1.54, 1.807) is 18.4 Å². The molecule has 0 radical (unpaired) electrons. The van der Waals surface area contributed by atoms with E-state index in [9.17, 15) is 4.79 Å². The molecule has 0 bridgehead atoms. The van der Waals surface area contributed by atoms with E-state index in [1.165, 1.54) is 13.3 Å². The molecule has 4 aromatic rings. The number of hydrogen-bond acceptors (Lipinski definition) is 8. The van der Waals surface area contributed by atoms with Gasteiger partial charge in [-0.2, -0.15) is 10.1 Å². The van der Waals surface area contributed by atoms with Gasteiger partial charge in [-0.3, -0.25) is 9.89 Å². The number of nitrogens with zero attached hydrogens (tertiary/aromatic N) is 4. The molecule has 10 heteroatoms. The van der Waals surface area contributed by atoms with Crippen LogP contribution in [0.1, 0.15) is 12.5 Å². The molecular formula is C19H18N8O2. The second-order valence-electron chi connectivity index (χ2n) is 6.13. The number of amides is 1. The Labute approximate surface area is 165 Å². The molecule has 0 spiro atoms. The van der Waals surface area contributed by atoms with Crippen molar-refractivity contribution in [2.24, 2.45) is 0 Å². The third-order valence-electron chi connectivity index (χ3n) is 3.93.